The first-order chi connectivity index (χ1) is 8.97. The van der Waals surface area contributed by atoms with Crippen LogP contribution in [0.1, 0.15) is 0 Å². The van der Waals surface area contributed by atoms with Gasteiger partial charge in [-0.2, -0.15) is 0 Å². The Morgan fingerprint density at radius 2 is 1.74 bits per heavy atom. The predicted octanol–water partition coefficient (Wildman–Crippen LogP) is 0.221. The molecule has 0 aromatic heterocycles. The Morgan fingerprint density at radius 3 is 2.21 bits per heavy atom. The molecule has 11 heteroatoms. The van der Waals surface area contributed by atoms with E-state index < -0.39 is 19.7 Å². The maximum Gasteiger partial charge on any atom is 0.420 e. The first-order valence-corrected chi connectivity index (χ1v) is 6.11. The van der Waals surface area contributed by atoms with Crippen LogP contribution in [-0.2, 0) is 28.4 Å². The number of amides is 1. The number of carbonyl (C=O) groups excluding carboxylic acids is 4. The lowest BCUT2D eigenvalue weighted by molar-refractivity contribution is -0.138. The van der Waals surface area contributed by atoms with Gasteiger partial charge in [-0.15, -0.1) is 9.53 Å². The average Bonchev–Trinajstić information content (AvgIpc) is 2.34. The molecule has 0 heterocycles. The van der Waals surface area contributed by atoms with Gasteiger partial charge in [0.15, 0.2) is 0 Å². The topological polar surface area (TPSA) is 141 Å². The van der Waals surface area contributed by atoms with E-state index in [1.165, 1.54) is 0 Å². The first kappa shape index (κ1) is 16.5. The number of hydrogen-bond acceptors (Lipinski definition) is 7. The minimum absolute atomic E-state index is 0.267. The van der Waals surface area contributed by atoms with E-state index in [0.717, 1.165) is 18.2 Å². The summed E-state index contributed by atoms with van der Waals surface area (Å²) >= 11 is 0. The third-order valence-electron chi connectivity index (χ3n) is 1.32. The molecule has 0 rings (SSSR count). The fraction of sp³-hybridized carbons (Fsp3) is 0.250. The van der Waals surface area contributed by atoms with Crippen molar-refractivity contribution in [3.8, 4) is 0 Å². The first-order valence-electron chi connectivity index (χ1n) is 4.50. The summed E-state index contributed by atoms with van der Waals surface area (Å²) in [5.74, 6) is -0.717. The summed E-state index contributed by atoms with van der Waals surface area (Å²) in [4.78, 5) is 41.5. The largest absolute Gasteiger partial charge is 0.459 e. The molecule has 19 heavy (non-hydrogen) atoms. The summed E-state index contributed by atoms with van der Waals surface area (Å²) in [7, 11) is -4.29. The highest BCUT2D eigenvalue weighted by molar-refractivity contribution is 7.60. The van der Waals surface area contributed by atoms with Gasteiger partial charge in [-0.25, -0.2) is 28.8 Å². The smallest absolute Gasteiger partial charge is 0.420 e. The van der Waals surface area contributed by atoms with E-state index in [1.807, 2.05) is 0 Å². The molecule has 0 saturated carbocycles. The van der Waals surface area contributed by atoms with Gasteiger partial charge in [0.2, 0.25) is 12.2 Å². The van der Waals surface area contributed by atoms with Crippen LogP contribution < -0.4 is 5.09 Å². The number of ether oxygens (including phenoxy) is 2. The fourth-order valence-corrected chi connectivity index (χ4v) is 1.34. The maximum atomic E-state index is 11.4. The molecule has 0 bridgehead atoms. The summed E-state index contributed by atoms with van der Waals surface area (Å²) < 4.78 is 25.6. The van der Waals surface area contributed by atoms with Gasteiger partial charge < -0.3 is 9.47 Å². The maximum absolute atomic E-state index is 11.4. The molecule has 0 radical (unpaired) electrons. The monoisotopic (exact) mass is 289 g/mol. The van der Waals surface area contributed by atoms with Crippen molar-refractivity contribution in [3.63, 3.8) is 0 Å². The standard InChI is InChI=1S/C8H8N3O7P/c1-2-7(14)17-3-4-18-8(15)11-19(16,9-5-12)10-6-13/h2H,1,3-4H2,(H,11,15,16). The molecule has 0 aliphatic carbocycles. The van der Waals surface area contributed by atoms with Crippen molar-refractivity contribution in [2.24, 2.45) is 9.53 Å². The number of isocyanates is 2. The summed E-state index contributed by atoms with van der Waals surface area (Å²) in [6, 6.07) is 0. The molecule has 1 amide bonds. The molecular weight excluding hydrogens is 281 g/mol. The molecule has 1 N–H and O–H groups in total. The van der Waals surface area contributed by atoms with Crippen molar-refractivity contribution in [3.05, 3.63) is 12.7 Å². The van der Waals surface area contributed by atoms with Gasteiger partial charge in [0.1, 0.15) is 13.2 Å². The molecule has 0 aromatic rings. The SMILES string of the molecule is C=CC(=O)OCCOC(=O)NP(=O)(N=C=O)N=C=O. The fourth-order valence-electron chi connectivity index (χ4n) is 0.670. The lowest BCUT2D eigenvalue weighted by Crippen LogP contribution is -2.22. The van der Waals surface area contributed by atoms with Crippen LogP contribution in [0.4, 0.5) is 4.79 Å². The summed E-state index contributed by atoms with van der Waals surface area (Å²) in [6.45, 7) is 2.51. The zero-order valence-corrected chi connectivity index (χ0v) is 10.3. The third-order valence-corrected chi connectivity index (χ3v) is 2.50. The normalized spacial score (nSPS) is 11.8. The molecule has 0 spiro atoms. The highest BCUT2D eigenvalue weighted by Crippen LogP contribution is 2.42. The molecule has 0 fully saturated rings. The third kappa shape index (κ3) is 7.40. The molecule has 0 aromatic carbocycles. The lowest BCUT2D eigenvalue weighted by Gasteiger charge is -2.07. The van der Waals surface area contributed by atoms with Crippen LogP contribution in [0, 0.1) is 0 Å². The molecule has 102 valence electrons. The molecule has 0 saturated heterocycles. The zero-order chi connectivity index (χ0) is 14.7. The second kappa shape index (κ2) is 8.54. The van der Waals surface area contributed by atoms with Gasteiger partial charge in [0.05, 0.1) is 0 Å². The lowest BCUT2D eigenvalue weighted by atomic mass is 10.6. The van der Waals surface area contributed by atoms with Crippen molar-refractivity contribution in [2.75, 3.05) is 13.2 Å². The van der Waals surface area contributed by atoms with Crippen LogP contribution in [0.3, 0.4) is 0 Å². The van der Waals surface area contributed by atoms with Crippen LogP contribution in [0.5, 0.6) is 0 Å². The summed E-state index contributed by atoms with van der Waals surface area (Å²) in [6.07, 6.45) is 1.38. The second-order valence-electron chi connectivity index (χ2n) is 2.55. The van der Waals surface area contributed by atoms with E-state index in [2.05, 4.69) is 25.6 Å². The van der Waals surface area contributed by atoms with Crippen LogP contribution in [0.25, 0.3) is 0 Å². The highest BCUT2D eigenvalue weighted by Gasteiger charge is 2.24. The molecular formula is C8H8N3O7P. The van der Waals surface area contributed by atoms with E-state index in [1.54, 1.807) is 5.09 Å². The van der Waals surface area contributed by atoms with E-state index >= 15 is 0 Å². The van der Waals surface area contributed by atoms with Gasteiger partial charge >= 0.3 is 19.7 Å². The molecule has 0 unspecified atom stereocenters. The minimum atomic E-state index is -4.29. The van der Waals surface area contributed by atoms with Crippen LogP contribution in [0.2, 0.25) is 0 Å². The number of nitrogens with zero attached hydrogens (tertiary/aromatic N) is 2. The van der Waals surface area contributed by atoms with Gasteiger partial charge in [-0.3, -0.25) is 0 Å². The summed E-state index contributed by atoms with van der Waals surface area (Å²) in [5, 5.41) is 1.57. The van der Waals surface area contributed by atoms with Crippen molar-refractivity contribution in [1.82, 2.24) is 5.09 Å². The van der Waals surface area contributed by atoms with Crippen molar-refractivity contribution in [2.45, 2.75) is 0 Å². The van der Waals surface area contributed by atoms with Gasteiger partial charge in [0, 0.05) is 6.08 Å². The van der Waals surface area contributed by atoms with Crippen molar-refractivity contribution >= 4 is 31.8 Å². The number of carbonyl (C=O) groups is 2. The van der Waals surface area contributed by atoms with Gasteiger partial charge in [-0.05, 0) is 0 Å². The zero-order valence-electron chi connectivity index (χ0n) is 9.40. The number of hydrogen-bond donors (Lipinski definition) is 1. The Balaban J connectivity index is 4.26. The highest BCUT2D eigenvalue weighted by atomic mass is 31.2. The molecule has 0 aliphatic rings. The minimum Gasteiger partial charge on any atom is -0.459 e. The van der Waals surface area contributed by atoms with E-state index in [-0.39, 0.29) is 13.2 Å². The van der Waals surface area contributed by atoms with E-state index in [4.69, 9.17) is 0 Å². The molecule has 10 nitrogen and oxygen atoms in total. The Hall–Kier alpha value is -2.53. The predicted molar refractivity (Wildman–Crippen MR) is 59.5 cm³/mol. The Bertz CT molecular complexity index is 482. The van der Waals surface area contributed by atoms with Gasteiger partial charge in [0.25, 0.3) is 0 Å². The van der Waals surface area contributed by atoms with Crippen LogP contribution >= 0.6 is 7.59 Å². The van der Waals surface area contributed by atoms with E-state index in [0.29, 0.717) is 0 Å². The average molecular weight is 289 g/mol. The second-order valence-corrected chi connectivity index (χ2v) is 4.26. The van der Waals surface area contributed by atoms with Crippen LogP contribution in [0.15, 0.2) is 22.2 Å². The molecule has 0 atom stereocenters. The number of rotatable bonds is 7. The van der Waals surface area contributed by atoms with E-state index in [9.17, 15) is 23.7 Å². The summed E-state index contributed by atoms with van der Waals surface area (Å²) in [5.41, 5.74) is 0. The van der Waals surface area contributed by atoms with Crippen LogP contribution in [-0.4, -0.2) is 37.4 Å². The Morgan fingerprint density at radius 1 is 1.21 bits per heavy atom. The number of esters is 1. The van der Waals surface area contributed by atoms with Crippen molar-refractivity contribution < 1.29 is 33.2 Å². The van der Waals surface area contributed by atoms with Crippen molar-refractivity contribution in [1.29, 1.82) is 0 Å². The number of nitrogens with one attached hydrogen (secondary N) is 1. The Kier molecular flexibility index (Phi) is 7.41. The quantitative estimate of drug-likeness (QED) is 0.176. The van der Waals surface area contributed by atoms with Gasteiger partial charge in [-0.1, -0.05) is 6.58 Å². The Labute approximate surface area is 106 Å². The molecule has 0 aliphatic heterocycles.